The predicted molar refractivity (Wildman–Crippen MR) is 119 cm³/mol. The smallest absolute Gasteiger partial charge is 0.416 e. The maximum absolute atomic E-state index is 13.3. The van der Waals surface area contributed by atoms with Gasteiger partial charge in [0.25, 0.3) is 0 Å². The van der Waals surface area contributed by atoms with E-state index in [4.69, 9.17) is 9.84 Å². The normalized spacial score (nSPS) is 13.3. The number of carboxylic acids is 1. The molecule has 192 valence electrons. The Morgan fingerprint density at radius 3 is 2.17 bits per heavy atom. The molecule has 0 bridgehead atoms. The van der Waals surface area contributed by atoms with Gasteiger partial charge in [-0.15, -0.1) is 11.8 Å². The van der Waals surface area contributed by atoms with Crippen LogP contribution >= 0.6 is 11.8 Å². The first-order chi connectivity index (χ1) is 15.9. The van der Waals surface area contributed by atoms with Crippen LogP contribution in [0.3, 0.4) is 0 Å². The largest absolute Gasteiger partial charge is 0.481 e. The van der Waals surface area contributed by atoms with Crippen LogP contribution in [0.4, 0.5) is 32.0 Å². The van der Waals surface area contributed by atoms with Crippen molar-refractivity contribution in [2.24, 2.45) is 5.41 Å². The van der Waals surface area contributed by atoms with E-state index in [-0.39, 0.29) is 21.9 Å². The second-order valence-corrected chi connectivity index (χ2v) is 10.1. The average Bonchev–Trinajstić information content (AvgIpc) is 2.67. The van der Waals surface area contributed by atoms with Crippen LogP contribution in [0.2, 0.25) is 0 Å². The monoisotopic (exact) mass is 523 g/mol. The zero-order chi connectivity index (χ0) is 26.8. The minimum absolute atomic E-state index is 0.0845. The number of benzene rings is 2. The fourth-order valence-electron chi connectivity index (χ4n) is 2.63. The van der Waals surface area contributed by atoms with Gasteiger partial charge in [-0.25, -0.2) is 0 Å². The molecule has 1 unspecified atom stereocenters. The van der Waals surface area contributed by atoms with Crippen LogP contribution in [0.1, 0.15) is 38.8 Å². The summed E-state index contributed by atoms with van der Waals surface area (Å²) < 4.78 is 85.1. The molecule has 12 heteroatoms. The zero-order valence-corrected chi connectivity index (χ0v) is 19.9. The molecule has 0 spiro atoms. The molecule has 0 aliphatic carbocycles. The molecule has 0 saturated carbocycles. The Morgan fingerprint density at radius 2 is 1.66 bits per heavy atom. The predicted octanol–water partition coefficient (Wildman–Crippen LogP) is 7.15. The van der Waals surface area contributed by atoms with Gasteiger partial charge in [-0.2, -0.15) is 26.3 Å². The lowest BCUT2D eigenvalue weighted by Crippen LogP contribution is -2.27. The van der Waals surface area contributed by atoms with Gasteiger partial charge in [-0.1, -0.05) is 20.8 Å². The zero-order valence-electron chi connectivity index (χ0n) is 19.1. The van der Waals surface area contributed by atoms with Gasteiger partial charge in [0.15, 0.2) is 0 Å². The minimum Gasteiger partial charge on any atom is -0.481 e. The van der Waals surface area contributed by atoms with Crippen molar-refractivity contribution in [3.8, 4) is 11.5 Å². The molecule has 2 rings (SSSR count). The van der Waals surface area contributed by atoms with E-state index >= 15 is 0 Å². The lowest BCUT2D eigenvalue weighted by Gasteiger charge is -2.21. The summed E-state index contributed by atoms with van der Waals surface area (Å²) in [4.78, 5) is 23.2. The highest BCUT2D eigenvalue weighted by Gasteiger charge is 2.37. The number of halogens is 6. The molecule has 0 saturated heterocycles. The van der Waals surface area contributed by atoms with Crippen molar-refractivity contribution in [3.05, 3.63) is 47.5 Å². The third kappa shape index (κ3) is 8.37. The van der Waals surface area contributed by atoms with E-state index in [9.17, 15) is 35.9 Å². The lowest BCUT2D eigenvalue weighted by atomic mass is 9.95. The van der Waals surface area contributed by atoms with E-state index < -0.39 is 52.6 Å². The summed E-state index contributed by atoms with van der Waals surface area (Å²) in [6.07, 6.45) is -10.1. The molecule has 1 amide bonds. The molecular weight excluding hydrogens is 500 g/mol. The number of nitrogens with one attached hydrogen (secondary N) is 1. The van der Waals surface area contributed by atoms with E-state index in [2.05, 4.69) is 5.32 Å². The molecule has 0 aliphatic heterocycles. The average molecular weight is 523 g/mol. The van der Waals surface area contributed by atoms with Crippen LogP contribution in [-0.2, 0) is 22.2 Å². The number of ether oxygens (including phenoxy) is 1. The van der Waals surface area contributed by atoms with Crippen LogP contribution in [0.5, 0.6) is 11.5 Å². The van der Waals surface area contributed by atoms with Gasteiger partial charge in [-0.05, 0) is 48.9 Å². The number of carbonyl (C=O) groups is 2. The standard InChI is InChI=1S/C23H23F6NO4S/c1-12(22(24,25)26)35-18-11-15(30-20(33)21(2,3)4)5-6-17(18)34-16-8-13(9-19(31)32)7-14(10-16)23(27,28)29/h5-8,10-12H,9H2,1-4H3,(H,30,33)(H,31,32). The molecular formula is C23H23F6NO4S. The molecule has 2 N–H and O–H groups in total. The number of rotatable bonds is 7. The SMILES string of the molecule is CC(Sc1cc(NC(=O)C(C)(C)C)ccc1Oc1cc(CC(=O)O)cc(C(F)(F)F)c1)C(F)(F)F. The fourth-order valence-corrected chi connectivity index (χ4v) is 3.56. The topological polar surface area (TPSA) is 75.6 Å². The van der Waals surface area contributed by atoms with Gasteiger partial charge in [0.2, 0.25) is 5.91 Å². The third-order valence-electron chi connectivity index (χ3n) is 4.52. The van der Waals surface area contributed by atoms with Gasteiger partial charge in [0.1, 0.15) is 16.7 Å². The molecule has 0 radical (unpaired) electrons. The van der Waals surface area contributed by atoms with Crippen molar-refractivity contribution in [2.45, 2.75) is 56.6 Å². The Morgan fingerprint density at radius 1 is 1.03 bits per heavy atom. The first-order valence-electron chi connectivity index (χ1n) is 10.2. The highest BCUT2D eigenvalue weighted by atomic mass is 32.2. The van der Waals surface area contributed by atoms with Crippen molar-refractivity contribution in [3.63, 3.8) is 0 Å². The number of aliphatic carboxylic acids is 1. The molecule has 0 aliphatic rings. The van der Waals surface area contributed by atoms with Crippen LogP contribution in [0.15, 0.2) is 41.3 Å². The first kappa shape index (κ1) is 28.3. The fraction of sp³-hybridized carbons (Fsp3) is 0.391. The van der Waals surface area contributed by atoms with Gasteiger partial charge >= 0.3 is 18.3 Å². The van der Waals surface area contributed by atoms with E-state index in [1.807, 2.05) is 0 Å². The Hall–Kier alpha value is -2.89. The summed E-state index contributed by atoms with van der Waals surface area (Å²) in [7, 11) is 0. The van der Waals surface area contributed by atoms with Crippen LogP contribution in [0, 0.1) is 5.41 Å². The van der Waals surface area contributed by atoms with Crippen LogP contribution in [-0.4, -0.2) is 28.4 Å². The molecule has 5 nitrogen and oxygen atoms in total. The number of anilines is 1. The van der Waals surface area contributed by atoms with Gasteiger partial charge in [0.05, 0.1) is 16.9 Å². The van der Waals surface area contributed by atoms with Crippen molar-refractivity contribution in [1.29, 1.82) is 0 Å². The Kier molecular flexibility index (Phi) is 8.41. The number of carbonyl (C=O) groups excluding carboxylic acids is 1. The molecule has 35 heavy (non-hydrogen) atoms. The molecule has 0 heterocycles. The Bertz CT molecular complexity index is 1090. The Labute approximate surface area is 201 Å². The van der Waals surface area contributed by atoms with Gasteiger partial charge < -0.3 is 15.2 Å². The molecule has 0 aromatic heterocycles. The van der Waals surface area contributed by atoms with Crippen molar-refractivity contribution in [2.75, 3.05) is 5.32 Å². The first-order valence-corrected chi connectivity index (χ1v) is 11.0. The number of carboxylic acid groups (broad SMARTS) is 1. The Balaban J connectivity index is 2.51. The maximum atomic E-state index is 13.3. The quantitative estimate of drug-likeness (QED) is 0.298. The second-order valence-electron chi connectivity index (χ2n) is 8.70. The van der Waals surface area contributed by atoms with E-state index in [0.29, 0.717) is 23.9 Å². The number of hydrogen-bond acceptors (Lipinski definition) is 4. The number of alkyl halides is 6. The summed E-state index contributed by atoms with van der Waals surface area (Å²) in [6, 6.07) is 6.15. The second kappa shape index (κ2) is 10.4. The lowest BCUT2D eigenvalue weighted by molar-refractivity contribution is -0.138. The number of amides is 1. The molecule has 2 aromatic carbocycles. The van der Waals surface area contributed by atoms with Gasteiger partial charge in [-0.3, -0.25) is 9.59 Å². The maximum Gasteiger partial charge on any atom is 0.416 e. The number of hydrogen-bond donors (Lipinski definition) is 2. The summed E-state index contributed by atoms with van der Waals surface area (Å²) in [5.41, 5.74) is -1.99. The third-order valence-corrected chi connectivity index (χ3v) is 5.72. The molecule has 2 aromatic rings. The highest BCUT2D eigenvalue weighted by molar-refractivity contribution is 8.00. The summed E-state index contributed by atoms with van der Waals surface area (Å²) in [5.74, 6) is -2.36. The van der Waals surface area contributed by atoms with E-state index in [1.54, 1.807) is 20.8 Å². The summed E-state index contributed by atoms with van der Waals surface area (Å²) in [5, 5.41) is 9.64. The summed E-state index contributed by atoms with van der Waals surface area (Å²) >= 11 is 0.352. The van der Waals surface area contributed by atoms with Crippen molar-refractivity contribution >= 4 is 29.3 Å². The molecule has 1 atom stereocenters. The van der Waals surface area contributed by atoms with E-state index in [1.165, 1.54) is 18.2 Å². The van der Waals surface area contributed by atoms with Gasteiger partial charge in [0, 0.05) is 11.1 Å². The molecule has 0 fully saturated rings. The van der Waals surface area contributed by atoms with E-state index in [0.717, 1.165) is 13.0 Å². The van der Waals surface area contributed by atoms with Crippen LogP contribution in [0.25, 0.3) is 0 Å². The minimum atomic E-state index is -4.81. The van der Waals surface area contributed by atoms with Crippen molar-refractivity contribution < 1.29 is 45.8 Å². The summed E-state index contributed by atoms with van der Waals surface area (Å²) in [6.45, 7) is 5.83. The van der Waals surface area contributed by atoms with Crippen molar-refractivity contribution in [1.82, 2.24) is 0 Å². The number of thioether (sulfide) groups is 1. The van der Waals surface area contributed by atoms with Crippen LogP contribution < -0.4 is 10.1 Å². The highest BCUT2D eigenvalue weighted by Crippen LogP contribution is 2.42.